The van der Waals surface area contributed by atoms with Crippen LogP contribution in [0, 0.1) is 0 Å². The number of halogens is 1. The van der Waals surface area contributed by atoms with Crippen molar-refractivity contribution >= 4 is 35.1 Å². The summed E-state index contributed by atoms with van der Waals surface area (Å²) >= 11 is 6.40. The van der Waals surface area contributed by atoms with Crippen LogP contribution in [-0.2, 0) is 9.59 Å². The van der Waals surface area contributed by atoms with Crippen LogP contribution >= 0.6 is 11.6 Å². The van der Waals surface area contributed by atoms with Gasteiger partial charge in [-0.05, 0) is 30.7 Å². The largest absolute Gasteiger partial charge is 0.492 e. The molecule has 0 unspecified atom stereocenters. The van der Waals surface area contributed by atoms with E-state index in [4.69, 9.17) is 16.3 Å². The molecule has 194 valence electrons. The highest BCUT2D eigenvalue weighted by atomic mass is 35.5. The summed E-state index contributed by atoms with van der Waals surface area (Å²) in [4.78, 5) is 46.3. The minimum atomic E-state index is -0.658. The molecule has 0 bridgehead atoms. The number of nitrogens with zero attached hydrogens (tertiary/aromatic N) is 4. The Hall–Kier alpha value is -3.72. The van der Waals surface area contributed by atoms with E-state index in [2.05, 4.69) is 10.2 Å². The number of hydrogen-bond acceptors (Lipinski definition) is 5. The van der Waals surface area contributed by atoms with Crippen LogP contribution < -0.4 is 15.0 Å². The van der Waals surface area contributed by atoms with Gasteiger partial charge >= 0.3 is 6.03 Å². The van der Waals surface area contributed by atoms with Crippen LogP contribution in [0.4, 0.5) is 10.5 Å². The fourth-order valence-electron chi connectivity index (χ4n) is 5.15. The van der Waals surface area contributed by atoms with Gasteiger partial charge in [-0.3, -0.25) is 14.5 Å². The molecule has 2 aromatic carbocycles. The molecular weight excluding hydrogens is 494 g/mol. The normalized spacial score (nSPS) is 19.8. The molecular formula is C27H30ClN5O4. The van der Waals surface area contributed by atoms with Crippen LogP contribution in [0.15, 0.2) is 59.8 Å². The third kappa shape index (κ3) is 4.71. The molecule has 1 fully saturated rings. The van der Waals surface area contributed by atoms with Crippen molar-refractivity contribution in [1.29, 1.82) is 0 Å². The molecule has 0 saturated carbocycles. The minimum absolute atomic E-state index is 0.0430. The Labute approximate surface area is 221 Å². The Balaban J connectivity index is 1.26. The Morgan fingerprint density at radius 3 is 2.49 bits per heavy atom. The lowest BCUT2D eigenvalue weighted by atomic mass is 9.96. The van der Waals surface area contributed by atoms with Crippen molar-refractivity contribution in [2.24, 2.45) is 0 Å². The van der Waals surface area contributed by atoms with Gasteiger partial charge in [0.25, 0.3) is 5.91 Å². The summed E-state index contributed by atoms with van der Waals surface area (Å²) in [5, 5.41) is 3.35. The van der Waals surface area contributed by atoms with E-state index in [1.54, 1.807) is 30.1 Å². The molecule has 0 aliphatic carbocycles. The molecule has 0 radical (unpaired) electrons. The Morgan fingerprint density at radius 1 is 1.05 bits per heavy atom. The molecule has 3 aliphatic heterocycles. The molecule has 10 heteroatoms. The van der Waals surface area contributed by atoms with E-state index in [0.29, 0.717) is 54.6 Å². The van der Waals surface area contributed by atoms with Crippen molar-refractivity contribution < 1.29 is 19.1 Å². The highest BCUT2D eigenvalue weighted by Gasteiger charge is 2.44. The predicted molar refractivity (Wildman–Crippen MR) is 140 cm³/mol. The van der Waals surface area contributed by atoms with E-state index in [1.807, 2.05) is 37.3 Å². The van der Waals surface area contributed by atoms with Crippen LogP contribution in [-0.4, -0.2) is 85.5 Å². The molecule has 1 saturated heterocycles. The molecule has 3 heterocycles. The van der Waals surface area contributed by atoms with Gasteiger partial charge in [0.05, 0.1) is 36.2 Å². The highest BCUT2D eigenvalue weighted by Crippen LogP contribution is 2.38. The smallest absolute Gasteiger partial charge is 0.322 e. The lowest BCUT2D eigenvalue weighted by Crippen LogP contribution is -2.51. The summed E-state index contributed by atoms with van der Waals surface area (Å²) in [6.07, 6.45) is 0. The van der Waals surface area contributed by atoms with Gasteiger partial charge < -0.3 is 24.8 Å². The minimum Gasteiger partial charge on any atom is -0.492 e. The number of rotatable bonds is 6. The first-order chi connectivity index (χ1) is 17.9. The first-order valence-corrected chi connectivity index (χ1v) is 12.8. The maximum atomic E-state index is 13.5. The predicted octanol–water partition coefficient (Wildman–Crippen LogP) is 2.88. The number of ether oxygens (including phenoxy) is 1. The third-order valence-corrected chi connectivity index (χ3v) is 7.46. The van der Waals surface area contributed by atoms with Crippen molar-refractivity contribution in [1.82, 2.24) is 20.0 Å². The maximum absolute atomic E-state index is 13.5. The van der Waals surface area contributed by atoms with Gasteiger partial charge in [-0.25, -0.2) is 4.79 Å². The highest BCUT2D eigenvalue weighted by molar-refractivity contribution is 6.31. The first kappa shape index (κ1) is 25.0. The van der Waals surface area contributed by atoms with E-state index in [0.717, 1.165) is 11.4 Å². The van der Waals surface area contributed by atoms with Crippen LogP contribution in [0.3, 0.4) is 0 Å². The Kier molecular flexibility index (Phi) is 6.97. The summed E-state index contributed by atoms with van der Waals surface area (Å²) in [5.74, 6) is 0.469. The number of piperazine rings is 1. The van der Waals surface area contributed by atoms with Crippen molar-refractivity contribution in [2.75, 3.05) is 57.8 Å². The van der Waals surface area contributed by atoms with Gasteiger partial charge in [-0.1, -0.05) is 41.9 Å². The molecule has 1 atom stereocenters. The van der Waals surface area contributed by atoms with Gasteiger partial charge in [0.2, 0.25) is 5.91 Å². The number of urea groups is 1. The quantitative estimate of drug-likeness (QED) is 0.629. The number of hydrogen-bond donors (Lipinski definition) is 1. The lowest BCUT2D eigenvalue weighted by molar-refractivity contribution is -0.137. The second kappa shape index (κ2) is 10.3. The summed E-state index contributed by atoms with van der Waals surface area (Å²) in [6.45, 7) is 5.16. The number of carbonyl (C=O) groups excluding carboxylic acids is 3. The summed E-state index contributed by atoms with van der Waals surface area (Å²) in [7, 11) is 1.63. The first-order valence-electron chi connectivity index (χ1n) is 12.4. The van der Waals surface area contributed by atoms with Gasteiger partial charge in [0, 0.05) is 38.2 Å². The summed E-state index contributed by atoms with van der Waals surface area (Å²) in [5.41, 5.74) is 2.74. The van der Waals surface area contributed by atoms with E-state index >= 15 is 0 Å². The van der Waals surface area contributed by atoms with Gasteiger partial charge in [-0.15, -0.1) is 0 Å². The van der Waals surface area contributed by atoms with E-state index in [1.165, 1.54) is 9.80 Å². The van der Waals surface area contributed by atoms with Gasteiger partial charge in [-0.2, -0.15) is 0 Å². The molecule has 0 aromatic heterocycles. The average molecular weight is 524 g/mol. The number of benzene rings is 2. The maximum Gasteiger partial charge on any atom is 0.322 e. The molecule has 5 rings (SSSR count). The molecule has 37 heavy (non-hydrogen) atoms. The van der Waals surface area contributed by atoms with Crippen molar-refractivity contribution in [3.05, 3.63) is 70.4 Å². The number of nitrogens with one attached hydrogen (secondary N) is 1. The molecule has 4 amide bonds. The summed E-state index contributed by atoms with van der Waals surface area (Å²) < 4.78 is 5.76. The Bertz CT molecular complexity index is 1260. The molecule has 3 aliphatic rings. The third-order valence-electron chi connectivity index (χ3n) is 7.12. The van der Waals surface area contributed by atoms with Crippen LogP contribution in [0.1, 0.15) is 18.5 Å². The number of amides is 4. The van der Waals surface area contributed by atoms with Gasteiger partial charge in [0.1, 0.15) is 12.3 Å². The molecule has 2 aromatic rings. The second-order valence-electron chi connectivity index (χ2n) is 9.25. The van der Waals surface area contributed by atoms with Crippen LogP contribution in [0.2, 0.25) is 5.02 Å². The van der Waals surface area contributed by atoms with Crippen molar-refractivity contribution in [3.63, 3.8) is 0 Å². The zero-order valence-corrected chi connectivity index (χ0v) is 21.7. The number of anilines is 1. The standard InChI is InChI=1S/C27H30ClN5O4/c1-3-37-22-11-7-6-10-20(22)31-12-14-32(15-13-31)23(34)17-33-16-21-24(26(33)35)25(29-27(36)30(21)2)18-8-4-5-9-19(18)28/h4-11,25H,3,12-17H2,1-2H3,(H,29,36)/t25-/m1/s1. The van der Waals surface area contributed by atoms with E-state index in [9.17, 15) is 14.4 Å². The zero-order chi connectivity index (χ0) is 26.1. The average Bonchev–Trinajstić information content (AvgIpc) is 3.23. The van der Waals surface area contributed by atoms with E-state index in [-0.39, 0.29) is 30.9 Å². The van der Waals surface area contributed by atoms with Crippen LogP contribution in [0.25, 0.3) is 0 Å². The zero-order valence-electron chi connectivity index (χ0n) is 20.9. The molecule has 9 nitrogen and oxygen atoms in total. The van der Waals surface area contributed by atoms with Crippen molar-refractivity contribution in [3.8, 4) is 5.75 Å². The summed E-state index contributed by atoms with van der Waals surface area (Å²) in [6, 6.07) is 14.1. The second-order valence-corrected chi connectivity index (χ2v) is 9.66. The fourth-order valence-corrected chi connectivity index (χ4v) is 5.39. The number of carbonyl (C=O) groups is 3. The van der Waals surface area contributed by atoms with Crippen molar-refractivity contribution in [2.45, 2.75) is 13.0 Å². The Morgan fingerprint density at radius 2 is 1.76 bits per heavy atom. The molecule has 1 N–H and O–H groups in total. The number of likely N-dealkylation sites (N-methyl/N-ethyl adjacent to an activating group) is 1. The lowest BCUT2D eigenvalue weighted by Gasteiger charge is -2.37. The fraction of sp³-hybridized carbons (Fsp3) is 0.370. The van der Waals surface area contributed by atoms with Crippen LogP contribution in [0.5, 0.6) is 5.75 Å². The van der Waals surface area contributed by atoms with Gasteiger partial charge in [0.15, 0.2) is 0 Å². The topological polar surface area (TPSA) is 85.4 Å². The monoisotopic (exact) mass is 523 g/mol. The SMILES string of the molecule is CCOc1ccccc1N1CCN(C(=O)CN2CC3=C(C2=O)[C@@H](c2ccccc2Cl)NC(=O)N3C)CC1. The van der Waals surface area contributed by atoms with E-state index < -0.39 is 6.04 Å². The number of para-hydroxylation sites is 2. The molecule has 0 spiro atoms.